The molecule has 0 amide bonds. The lowest BCUT2D eigenvalue weighted by molar-refractivity contribution is -0.131. The van der Waals surface area contributed by atoms with E-state index in [0.717, 1.165) is 12.2 Å². The minimum absolute atomic E-state index is 0.199. The summed E-state index contributed by atoms with van der Waals surface area (Å²) in [7, 11) is 0. The van der Waals surface area contributed by atoms with Crippen molar-refractivity contribution in [3.63, 3.8) is 0 Å². The molecule has 0 aromatic carbocycles. The minimum Gasteiger partial charge on any atom is -0.478 e. The monoisotopic (exact) mass is 202 g/mol. The Morgan fingerprint density at radius 1 is 1.71 bits per heavy atom. The van der Waals surface area contributed by atoms with Gasteiger partial charge in [0.25, 0.3) is 0 Å². The Morgan fingerprint density at radius 2 is 2.36 bits per heavy atom. The Kier molecular flexibility index (Phi) is 2.95. The van der Waals surface area contributed by atoms with Crippen LogP contribution in [0.25, 0.3) is 6.08 Å². The Bertz CT molecular complexity index is 371. The first-order valence-electron chi connectivity index (χ1n) is 3.76. The molecular weight excluding hydrogens is 194 g/mol. The number of carboxylic acids is 1. The van der Waals surface area contributed by atoms with Gasteiger partial charge in [0.05, 0.1) is 5.69 Å². The Balaban J connectivity index is 2.91. The highest BCUT2D eigenvalue weighted by Gasteiger charge is 2.10. The molecule has 14 heavy (non-hydrogen) atoms. The second-order valence-electron chi connectivity index (χ2n) is 2.60. The molecule has 0 radical (unpaired) electrons. The summed E-state index contributed by atoms with van der Waals surface area (Å²) in [5.41, 5.74) is 0.482. The van der Waals surface area contributed by atoms with Crippen molar-refractivity contribution in [2.45, 2.75) is 13.5 Å². The number of aryl methyl sites for hydroxylation is 1. The van der Waals surface area contributed by atoms with Crippen molar-refractivity contribution in [1.82, 2.24) is 9.78 Å². The van der Waals surface area contributed by atoms with E-state index in [1.54, 1.807) is 0 Å². The lowest BCUT2D eigenvalue weighted by atomic mass is 10.3. The summed E-state index contributed by atoms with van der Waals surface area (Å²) in [6.45, 7) is -1.24. The van der Waals surface area contributed by atoms with Gasteiger partial charge in [-0.05, 0) is 19.1 Å². The molecule has 1 rings (SSSR count). The Hall–Kier alpha value is -1.72. The summed E-state index contributed by atoms with van der Waals surface area (Å²) < 4.78 is 24.9. The van der Waals surface area contributed by atoms with Crippen LogP contribution in [-0.4, -0.2) is 20.9 Å². The molecule has 0 saturated carbocycles. The molecule has 0 saturated heterocycles. The average molecular weight is 202 g/mol. The topological polar surface area (TPSA) is 55.1 Å². The second kappa shape index (κ2) is 3.99. The van der Waals surface area contributed by atoms with Gasteiger partial charge in [-0.1, -0.05) is 0 Å². The Labute approximate surface area is 78.5 Å². The van der Waals surface area contributed by atoms with Crippen LogP contribution in [0.3, 0.4) is 0 Å². The number of carbonyl (C=O) groups is 1. The third-order valence-corrected chi connectivity index (χ3v) is 1.52. The number of alkyl halides is 2. The maximum Gasteiger partial charge on any atom is 0.333 e. The maximum atomic E-state index is 12.2. The zero-order valence-electron chi connectivity index (χ0n) is 7.32. The van der Waals surface area contributed by atoms with Gasteiger partial charge in [-0.3, -0.25) is 0 Å². The van der Waals surface area contributed by atoms with Crippen LogP contribution in [0, 0.1) is 6.92 Å². The van der Waals surface area contributed by atoms with E-state index in [4.69, 9.17) is 5.11 Å². The van der Waals surface area contributed by atoms with Crippen molar-refractivity contribution in [2.24, 2.45) is 0 Å². The zero-order chi connectivity index (χ0) is 10.7. The number of rotatable bonds is 3. The first-order chi connectivity index (χ1) is 6.50. The van der Waals surface area contributed by atoms with E-state index in [-0.39, 0.29) is 11.4 Å². The number of halogens is 2. The summed E-state index contributed by atoms with van der Waals surface area (Å²) in [5.74, 6) is -1.14. The highest BCUT2D eigenvalue weighted by atomic mass is 19.3. The molecule has 1 aromatic heterocycles. The number of aliphatic carboxylic acids is 1. The molecule has 4 nitrogen and oxygen atoms in total. The predicted octanol–water partition coefficient (Wildman–Crippen LogP) is 1.68. The number of nitrogens with zero attached hydrogens (tertiary/aromatic N) is 2. The van der Waals surface area contributed by atoms with E-state index in [9.17, 15) is 13.6 Å². The normalized spacial score (nSPS) is 11.4. The van der Waals surface area contributed by atoms with Gasteiger partial charge in [-0.15, -0.1) is 0 Å². The first-order valence-corrected chi connectivity index (χ1v) is 3.76. The van der Waals surface area contributed by atoms with Gasteiger partial charge in [0.1, 0.15) is 0 Å². The second-order valence-corrected chi connectivity index (χ2v) is 2.60. The van der Waals surface area contributed by atoms with Gasteiger partial charge in [-0.2, -0.15) is 13.9 Å². The van der Waals surface area contributed by atoms with Crippen molar-refractivity contribution in [1.29, 1.82) is 0 Å². The molecule has 0 aliphatic heterocycles. The molecule has 0 bridgehead atoms. The van der Waals surface area contributed by atoms with Gasteiger partial charge in [0.15, 0.2) is 0 Å². The molecule has 0 spiro atoms. The number of hydrogen-bond acceptors (Lipinski definition) is 2. The highest BCUT2D eigenvalue weighted by Crippen LogP contribution is 2.14. The zero-order valence-corrected chi connectivity index (χ0v) is 7.32. The Morgan fingerprint density at radius 3 is 2.79 bits per heavy atom. The van der Waals surface area contributed by atoms with E-state index in [1.807, 2.05) is 0 Å². The highest BCUT2D eigenvalue weighted by molar-refractivity contribution is 5.84. The quantitative estimate of drug-likeness (QED) is 0.758. The fraction of sp³-hybridized carbons (Fsp3) is 0.250. The average Bonchev–Trinajstić information content (AvgIpc) is 2.43. The fourth-order valence-electron chi connectivity index (χ4n) is 0.948. The molecule has 1 N–H and O–H groups in total. The molecule has 1 heterocycles. The van der Waals surface area contributed by atoms with Gasteiger partial charge < -0.3 is 5.11 Å². The summed E-state index contributed by atoms with van der Waals surface area (Å²) in [5, 5.41) is 11.8. The number of hydrogen-bond donors (Lipinski definition) is 1. The van der Waals surface area contributed by atoms with E-state index in [2.05, 4.69) is 5.10 Å². The van der Waals surface area contributed by atoms with E-state index < -0.39 is 12.5 Å². The van der Waals surface area contributed by atoms with Crippen molar-refractivity contribution in [3.05, 3.63) is 23.5 Å². The number of carboxylic acid groups (broad SMARTS) is 1. The van der Waals surface area contributed by atoms with Gasteiger partial charge in [0.2, 0.25) is 0 Å². The molecule has 0 aliphatic carbocycles. The SMILES string of the molecule is Cc1cc(/C=C/C(=O)O)nn1C(F)F. The van der Waals surface area contributed by atoms with Gasteiger partial charge in [0, 0.05) is 11.8 Å². The maximum absolute atomic E-state index is 12.2. The summed E-state index contributed by atoms with van der Waals surface area (Å²) in [4.78, 5) is 10.1. The molecule has 0 unspecified atom stereocenters. The van der Waals surface area contributed by atoms with Crippen LogP contribution in [0.4, 0.5) is 8.78 Å². The molecule has 6 heteroatoms. The molecular formula is C8H8F2N2O2. The third-order valence-electron chi connectivity index (χ3n) is 1.52. The first kappa shape index (κ1) is 10.4. The van der Waals surface area contributed by atoms with Crippen LogP contribution in [0.1, 0.15) is 17.9 Å². The van der Waals surface area contributed by atoms with Crippen LogP contribution in [-0.2, 0) is 4.79 Å². The molecule has 76 valence electrons. The van der Waals surface area contributed by atoms with Crippen molar-refractivity contribution in [3.8, 4) is 0 Å². The lowest BCUT2D eigenvalue weighted by Gasteiger charge is -1.99. The summed E-state index contributed by atoms with van der Waals surface area (Å²) >= 11 is 0. The van der Waals surface area contributed by atoms with E-state index in [1.165, 1.54) is 13.0 Å². The number of aromatic nitrogens is 2. The third kappa shape index (κ3) is 2.38. The molecule has 0 fully saturated rings. The minimum atomic E-state index is -2.71. The van der Waals surface area contributed by atoms with Crippen LogP contribution < -0.4 is 0 Å². The van der Waals surface area contributed by atoms with E-state index in [0.29, 0.717) is 4.68 Å². The summed E-state index contributed by atoms with van der Waals surface area (Å²) in [6, 6.07) is 1.38. The lowest BCUT2D eigenvalue weighted by Crippen LogP contribution is -2.02. The van der Waals surface area contributed by atoms with Crippen LogP contribution in [0.2, 0.25) is 0 Å². The van der Waals surface area contributed by atoms with Crippen LogP contribution in [0.5, 0.6) is 0 Å². The van der Waals surface area contributed by atoms with Crippen molar-refractivity contribution < 1.29 is 18.7 Å². The van der Waals surface area contributed by atoms with Crippen molar-refractivity contribution in [2.75, 3.05) is 0 Å². The van der Waals surface area contributed by atoms with Crippen LogP contribution in [0.15, 0.2) is 12.1 Å². The predicted molar refractivity (Wildman–Crippen MR) is 44.9 cm³/mol. The molecule has 0 aliphatic rings. The smallest absolute Gasteiger partial charge is 0.333 e. The van der Waals surface area contributed by atoms with Crippen LogP contribution >= 0.6 is 0 Å². The van der Waals surface area contributed by atoms with Crippen molar-refractivity contribution >= 4 is 12.0 Å². The summed E-state index contributed by atoms with van der Waals surface area (Å²) in [6.07, 6.45) is 2.01. The van der Waals surface area contributed by atoms with E-state index >= 15 is 0 Å². The largest absolute Gasteiger partial charge is 0.478 e. The van der Waals surface area contributed by atoms with Gasteiger partial charge in [-0.25, -0.2) is 9.48 Å². The standard InChI is InChI=1S/C8H8F2N2O2/c1-5-4-6(2-3-7(13)14)11-12(5)8(9)10/h2-4,8H,1H3,(H,13,14)/b3-2+. The fourth-order valence-corrected chi connectivity index (χ4v) is 0.948. The van der Waals surface area contributed by atoms with Gasteiger partial charge >= 0.3 is 12.5 Å². The molecule has 1 aromatic rings. The molecule has 0 atom stereocenters.